The van der Waals surface area contributed by atoms with Gasteiger partial charge < -0.3 is 10.1 Å². The summed E-state index contributed by atoms with van der Waals surface area (Å²) in [5.41, 5.74) is 0.874. The molecule has 8 nitrogen and oxygen atoms in total. The highest BCUT2D eigenvalue weighted by atomic mass is 32.2. The standard InChI is InChI=1S/C23H24N4O4S/c1-31-17-10-6-9-16(13-17)27-21(29)18-11-4-5-12-19(18)25-23(27)32-14-20(28)26-22(30)24-15-7-2-3-8-15/h4-6,9-13,15H,2-3,7-8,14H2,1H3,(H2,24,26,28,30). The van der Waals surface area contributed by atoms with Crippen LogP contribution in [0.25, 0.3) is 16.6 Å². The van der Waals surface area contributed by atoms with E-state index in [2.05, 4.69) is 15.6 Å². The van der Waals surface area contributed by atoms with Crippen LogP contribution in [0.5, 0.6) is 5.75 Å². The Morgan fingerprint density at radius 1 is 1.16 bits per heavy atom. The minimum Gasteiger partial charge on any atom is -0.497 e. The quantitative estimate of drug-likeness (QED) is 0.440. The van der Waals surface area contributed by atoms with E-state index in [1.807, 2.05) is 0 Å². The van der Waals surface area contributed by atoms with Crippen molar-refractivity contribution in [1.82, 2.24) is 20.2 Å². The molecule has 0 aliphatic heterocycles. The molecule has 1 heterocycles. The number of aromatic nitrogens is 2. The molecule has 0 spiro atoms. The van der Waals surface area contributed by atoms with Crippen molar-refractivity contribution in [3.05, 3.63) is 58.9 Å². The zero-order valence-corrected chi connectivity index (χ0v) is 18.5. The zero-order valence-electron chi connectivity index (χ0n) is 17.7. The van der Waals surface area contributed by atoms with E-state index >= 15 is 0 Å². The number of urea groups is 1. The first kappa shape index (κ1) is 21.9. The van der Waals surface area contributed by atoms with Gasteiger partial charge in [-0.2, -0.15) is 0 Å². The number of ether oxygens (including phenoxy) is 1. The molecule has 0 unspecified atom stereocenters. The lowest BCUT2D eigenvalue weighted by atomic mass is 10.2. The van der Waals surface area contributed by atoms with Crippen LogP contribution in [0.3, 0.4) is 0 Å². The van der Waals surface area contributed by atoms with Gasteiger partial charge in [0.25, 0.3) is 5.56 Å². The molecule has 32 heavy (non-hydrogen) atoms. The van der Waals surface area contributed by atoms with Gasteiger partial charge in [0.1, 0.15) is 5.75 Å². The number of fused-ring (bicyclic) bond motifs is 1. The van der Waals surface area contributed by atoms with Crippen LogP contribution in [0.4, 0.5) is 4.79 Å². The first-order chi connectivity index (χ1) is 15.5. The lowest BCUT2D eigenvalue weighted by Crippen LogP contribution is -2.44. The Balaban J connectivity index is 1.57. The van der Waals surface area contributed by atoms with E-state index in [9.17, 15) is 14.4 Å². The Bertz CT molecular complexity index is 1200. The number of benzene rings is 2. The number of para-hydroxylation sites is 1. The van der Waals surface area contributed by atoms with Crippen LogP contribution < -0.4 is 20.9 Å². The fraction of sp³-hybridized carbons (Fsp3) is 0.304. The SMILES string of the molecule is COc1cccc(-n2c(SCC(=O)NC(=O)NC3CCCC3)nc3ccccc3c2=O)c1. The zero-order chi connectivity index (χ0) is 22.5. The molecule has 3 aromatic rings. The highest BCUT2D eigenvalue weighted by molar-refractivity contribution is 7.99. The predicted octanol–water partition coefficient (Wildman–Crippen LogP) is 3.25. The van der Waals surface area contributed by atoms with Crippen molar-refractivity contribution in [3.8, 4) is 11.4 Å². The van der Waals surface area contributed by atoms with Crippen LogP contribution in [0.2, 0.25) is 0 Å². The van der Waals surface area contributed by atoms with Crippen LogP contribution in [-0.2, 0) is 4.79 Å². The molecule has 1 aliphatic rings. The molecule has 2 aromatic carbocycles. The van der Waals surface area contributed by atoms with Gasteiger partial charge in [-0.1, -0.05) is 42.8 Å². The number of carbonyl (C=O) groups is 2. The second-order valence-corrected chi connectivity index (χ2v) is 8.49. The number of hydrogen-bond acceptors (Lipinski definition) is 6. The van der Waals surface area contributed by atoms with Gasteiger partial charge >= 0.3 is 6.03 Å². The summed E-state index contributed by atoms with van der Waals surface area (Å²) in [6.07, 6.45) is 4.04. The van der Waals surface area contributed by atoms with Gasteiger partial charge in [-0.3, -0.25) is 19.5 Å². The normalized spacial score (nSPS) is 13.8. The molecule has 0 radical (unpaired) electrons. The summed E-state index contributed by atoms with van der Waals surface area (Å²) in [4.78, 5) is 42.3. The van der Waals surface area contributed by atoms with E-state index in [0.717, 1.165) is 37.4 Å². The van der Waals surface area contributed by atoms with Crippen molar-refractivity contribution in [2.75, 3.05) is 12.9 Å². The molecule has 2 N–H and O–H groups in total. The summed E-state index contributed by atoms with van der Waals surface area (Å²) in [5, 5.41) is 6.01. The van der Waals surface area contributed by atoms with E-state index in [1.165, 1.54) is 4.57 Å². The number of thioether (sulfide) groups is 1. The molecule has 0 bridgehead atoms. The van der Waals surface area contributed by atoms with Crippen molar-refractivity contribution >= 4 is 34.6 Å². The topological polar surface area (TPSA) is 102 Å². The first-order valence-electron chi connectivity index (χ1n) is 10.4. The Labute approximate surface area is 189 Å². The third-order valence-electron chi connectivity index (χ3n) is 5.33. The molecular weight excluding hydrogens is 428 g/mol. The van der Waals surface area contributed by atoms with Gasteiger partial charge in [0.05, 0.1) is 29.5 Å². The molecule has 0 atom stereocenters. The summed E-state index contributed by atoms with van der Waals surface area (Å²) in [5.74, 6) is 0.0808. The maximum absolute atomic E-state index is 13.3. The van der Waals surface area contributed by atoms with Crippen molar-refractivity contribution in [2.24, 2.45) is 0 Å². The van der Waals surface area contributed by atoms with Crippen LogP contribution in [0, 0.1) is 0 Å². The van der Waals surface area contributed by atoms with Crippen molar-refractivity contribution in [2.45, 2.75) is 36.9 Å². The van der Waals surface area contributed by atoms with E-state index in [-0.39, 0.29) is 17.4 Å². The third kappa shape index (κ3) is 4.94. The number of methoxy groups -OCH3 is 1. The highest BCUT2D eigenvalue weighted by Gasteiger charge is 2.19. The summed E-state index contributed by atoms with van der Waals surface area (Å²) >= 11 is 1.10. The summed E-state index contributed by atoms with van der Waals surface area (Å²) in [6, 6.07) is 13.8. The van der Waals surface area contributed by atoms with Gasteiger partial charge in [0.15, 0.2) is 5.16 Å². The number of amides is 3. The van der Waals surface area contributed by atoms with Gasteiger partial charge in [-0.15, -0.1) is 0 Å². The van der Waals surface area contributed by atoms with Crippen molar-refractivity contribution in [3.63, 3.8) is 0 Å². The smallest absolute Gasteiger partial charge is 0.321 e. The third-order valence-corrected chi connectivity index (χ3v) is 6.27. The average Bonchev–Trinajstić information content (AvgIpc) is 3.30. The fourth-order valence-corrected chi connectivity index (χ4v) is 4.58. The monoisotopic (exact) mass is 452 g/mol. The molecule has 4 rings (SSSR count). The Kier molecular flexibility index (Phi) is 6.75. The molecule has 0 saturated heterocycles. The number of nitrogens with one attached hydrogen (secondary N) is 2. The Morgan fingerprint density at radius 3 is 2.72 bits per heavy atom. The lowest BCUT2D eigenvalue weighted by molar-refractivity contribution is -0.117. The van der Waals surface area contributed by atoms with Gasteiger partial charge in [0, 0.05) is 12.1 Å². The highest BCUT2D eigenvalue weighted by Crippen LogP contribution is 2.23. The molecule has 1 fully saturated rings. The summed E-state index contributed by atoms with van der Waals surface area (Å²) in [7, 11) is 1.55. The van der Waals surface area contributed by atoms with E-state index in [0.29, 0.717) is 27.5 Å². The number of rotatable bonds is 6. The maximum Gasteiger partial charge on any atom is 0.321 e. The summed E-state index contributed by atoms with van der Waals surface area (Å²) in [6.45, 7) is 0. The van der Waals surface area contributed by atoms with E-state index in [1.54, 1.807) is 55.6 Å². The van der Waals surface area contributed by atoms with Crippen LogP contribution in [0.1, 0.15) is 25.7 Å². The number of imide groups is 1. The maximum atomic E-state index is 13.3. The lowest BCUT2D eigenvalue weighted by Gasteiger charge is -2.14. The van der Waals surface area contributed by atoms with Crippen LogP contribution in [0.15, 0.2) is 58.5 Å². The number of carbonyl (C=O) groups excluding carboxylic acids is 2. The van der Waals surface area contributed by atoms with Crippen LogP contribution in [-0.4, -0.2) is 40.4 Å². The molecule has 9 heteroatoms. The average molecular weight is 453 g/mol. The van der Waals surface area contributed by atoms with E-state index < -0.39 is 11.9 Å². The van der Waals surface area contributed by atoms with Gasteiger partial charge in [0.2, 0.25) is 5.91 Å². The van der Waals surface area contributed by atoms with Gasteiger partial charge in [-0.05, 0) is 37.1 Å². The molecule has 1 aliphatic carbocycles. The predicted molar refractivity (Wildman–Crippen MR) is 124 cm³/mol. The fourth-order valence-electron chi connectivity index (χ4n) is 3.77. The molecule has 1 aromatic heterocycles. The van der Waals surface area contributed by atoms with E-state index in [4.69, 9.17) is 4.74 Å². The minimum atomic E-state index is -0.487. The van der Waals surface area contributed by atoms with Crippen LogP contribution >= 0.6 is 11.8 Å². The second kappa shape index (κ2) is 9.86. The number of hydrogen-bond donors (Lipinski definition) is 2. The van der Waals surface area contributed by atoms with Gasteiger partial charge in [-0.25, -0.2) is 9.78 Å². The number of nitrogens with zero attached hydrogens (tertiary/aromatic N) is 2. The largest absolute Gasteiger partial charge is 0.497 e. The second-order valence-electron chi connectivity index (χ2n) is 7.55. The Hall–Kier alpha value is -3.33. The molecule has 3 amide bonds. The van der Waals surface area contributed by atoms with Crippen molar-refractivity contribution in [1.29, 1.82) is 0 Å². The molecule has 166 valence electrons. The molecular formula is C23H24N4O4S. The van der Waals surface area contributed by atoms with Crippen molar-refractivity contribution < 1.29 is 14.3 Å². The molecule has 1 saturated carbocycles. The first-order valence-corrected chi connectivity index (χ1v) is 11.4. The summed E-state index contributed by atoms with van der Waals surface area (Å²) < 4.78 is 6.75. The Morgan fingerprint density at radius 2 is 1.94 bits per heavy atom. The minimum absolute atomic E-state index is 0.0627.